The van der Waals surface area contributed by atoms with Crippen molar-refractivity contribution in [2.45, 2.75) is 230 Å². The van der Waals surface area contributed by atoms with E-state index >= 15 is 0 Å². The molecule has 0 aromatic carbocycles. The molecule has 9 aliphatic rings. The summed E-state index contributed by atoms with van der Waals surface area (Å²) in [5.74, 6) is -1.62. The number of piperidine rings is 3. The van der Waals surface area contributed by atoms with Crippen molar-refractivity contribution >= 4 is 74.4 Å². The highest BCUT2D eigenvalue weighted by atomic mass is 16.7. The van der Waals surface area contributed by atoms with Crippen LogP contribution in [0.4, 0.5) is 17.5 Å². The van der Waals surface area contributed by atoms with Crippen LogP contribution in [0.1, 0.15) is 159 Å². The van der Waals surface area contributed by atoms with E-state index in [1.54, 1.807) is 76.9 Å². The number of rotatable bonds is 17. The summed E-state index contributed by atoms with van der Waals surface area (Å²) in [4.78, 5) is 91.0. The van der Waals surface area contributed by atoms with Gasteiger partial charge < -0.3 is 89.0 Å². The smallest absolute Gasteiger partial charge is 0.308 e. The van der Waals surface area contributed by atoms with Crippen LogP contribution >= 0.6 is 0 Å². The van der Waals surface area contributed by atoms with E-state index in [9.17, 15) is 29.4 Å². The Balaban J connectivity index is 0.000000151. The molecule has 3 spiro atoms. The topological polar surface area (TPSA) is 363 Å². The monoisotopic (exact) mass is 1500 g/mol. The Morgan fingerprint density at radius 1 is 0.417 bits per heavy atom. The summed E-state index contributed by atoms with van der Waals surface area (Å²) in [6.07, 6.45) is 14.4. The Labute approximate surface area is 633 Å². The molecule has 9 saturated heterocycles. The molecule has 0 radical (unpaired) electrons. The van der Waals surface area contributed by atoms with Gasteiger partial charge in [0.25, 0.3) is 0 Å². The number of ether oxygens (including phenoxy) is 7. The van der Waals surface area contributed by atoms with Crippen LogP contribution in [0.2, 0.25) is 0 Å². The second-order valence-electron chi connectivity index (χ2n) is 32.8. The predicted octanol–water partition coefficient (Wildman–Crippen LogP) is 6.04. The fraction of sp³-hybridized carbons (Fsp3) is 0.714. The Bertz CT molecular complexity index is 4070. The van der Waals surface area contributed by atoms with Gasteiger partial charge in [0.2, 0.25) is 0 Å². The van der Waals surface area contributed by atoms with Gasteiger partial charge in [0.05, 0.1) is 39.8 Å². The zero-order valence-electron chi connectivity index (χ0n) is 64.2. The molecule has 15 rings (SSSR count). The van der Waals surface area contributed by atoms with Crippen molar-refractivity contribution in [3.63, 3.8) is 0 Å². The number of carbonyl (C=O) groups excluding carboxylic acids is 4. The van der Waals surface area contributed by atoms with E-state index in [1.165, 1.54) is 31.8 Å². The van der Waals surface area contributed by atoms with Gasteiger partial charge in [-0.25, -0.2) is 29.9 Å². The number of hydrogen-bond acceptors (Lipinski definition) is 28. The van der Waals surface area contributed by atoms with Crippen molar-refractivity contribution in [1.82, 2.24) is 73.0 Å². The van der Waals surface area contributed by atoms with Gasteiger partial charge in [-0.1, -0.05) is 62.8 Å². The molecule has 12 atom stereocenters. The molecule has 9 fully saturated rings. The average Bonchev–Trinajstić information content (AvgIpc) is 1.62. The van der Waals surface area contributed by atoms with E-state index in [4.69, 9.17) is 50.4 Å². The molecular weight excluding hydrogens is 1380 g/mol. The zero-order chi connectivity index (χ0) is 76.0. The van der Waals surface area contributed by atoms with Crippen molar-refractivity contribution in [1.29, 1.82) is 0 Å². The number of hydrogen-bond donors (Lipinski definition) is 5. The van der Waals surface area contributed by atoms with Crippen LogP contribution < -0.4 is 17.2 Å². The minimum absolute atomic E-state index is 0. The number of likely N-dealkylation sites (tertiary alicyclic amines) is 6. The fourth-order valence-corrected chi connectivity index (χ4v) is 17.8. The SMILES string of the molecule is C.CC(C)C(=O)O[C@@H]1[C@H](O)[C@@H](CN2CCCC23CCN(C)CC3)O[C@H]1n1ccc2c(N)ncnc21.CC(C)C(=O)O[C@@H]1[C@H](OC(=O)C(C)C)[C@@H](CN2CCCC23CCN(C)CC3)O[C@H]1n1ccc2c(N)ncnc21.CC(C)C(=O)O[C@H]1[C@@H](O)[C@H](n2ccc3c(N)ncnc32)O[C@@H]1CN1CCCC12CCN(C)CC2. The summed E-state index contributed by atoms with van der Waals surface area (Å²) in [5, 5.41) is 24.8. The van der Waals surface area contributed by atoms with Gasteiger partial charge in [0.1, 0.15) is 83.9 Å². The third kappa shape index (κ3) is 16.3. The maximum Gasteiger partial charge on any atom is 0.308 e. The molecule has 6 aromatic heterocycles. The Kier molecular flexibility index (Phi) is 24.8. The lowest BCUT2D eigenvalue weighted by Gasteiger charge is -2.45. The lowest BCUT2D eigenvalue weighted by atomic mass is 9.85. The van der Waals surface area contributed by atoms with Crippen LogP contribution in [0.25, 0.3) is 33.1 Å². The van der Waals surface area contributed by atoms with Gasteiger partial charge in [0.15, 0.2) is 43.1 Å². The fourth-order valence-electron chi connectivity index (χ4n) is 17.8. The van der Waals surface area contributed by atoms with E-state index in [-0.39, 0.29) is 71.6 Å². The van der Waals surface area contributed by atoms with Crippen molar-refractivity contribution in [3.8, 4) is 0 Å². The number of aliphatic hydroxyl groups excluding tert-OH is 2. The minimum atomic E-state index is -1.03. The van der Waals surface area contributed by atoms with Gasteiger partial charge in [-0.2, -0.15) is 0 Å². The maximum atomic E-state index is 12.9. The van der Waals surface area contributed by atoms with Gasteiger partial charge in [-0.15, -0.1) is 0 Å². The number of esters is 4. The van der Waals surface area contributed by atoms with Crippen LogP contribution in [0, 0.1) is 23.7 Å². The molecule has 0 amide bonds. The van der Waals surface area contributed by atoms with E-state index in [0.29, 0.717) is 70.2 Å². The van der Waals surface area contributed by atoms with Crippen LogP contribution in [0.5, 0.6) is 0 Å². The molecule has 594 valence electrons. The number of nitrogens with two attached hydrogens (primary N) is 3. The van der Waals surface area contributed by atoms with Gasteiger partial charge >= 0.3 is 23.9 Å². The molecule has 31 nitrogen and oxygen atoms in total. The maximum absolute atomic E-state index is 12.9. The Morgan fingerprint density at radius 2 is 0.713 bits per heavy atom. The molecule has 0 aliphatic carbocycles. The summed E-state index contributed by atoms with van der Waals surface area (Å²) in [7, 11) is 6.52. The van der Waals surface area contributed by atoms with Crippen molar-refractivity contribution in [3.05, 3.63) is 55.8 Å². The zero-order valence-corrected chi connectivity index (χ0v) is 64.2. The molecule has 0 unspecified atom stereocenters. The average molecular weight is 1500 g/mol. The predicted molar refractivity (Wildman–Crippen MR) is 406 cm³/mol. The molecule has 15 heterocycles. The van der Waals surface area contributed by atoms with Crippen molar-refractivity contribution in [2.75, 3.05) is 117 Å². The van der Waals surface area contributed by atoms with Crippen LogP contribution in [0.15, 0.2) is 55.8 Å². The summed E-state index contributed by atoms with van der Waals surface area (Å²) >= 11 is 0. The van der Waals surface area contributed by atoms with Gasteiger partial charge in [-0.3, -0.25) is 33.9 Å². The first-order chi connectivity index (χ1) is 51.2. The molecule has 31 heteroatoms. The number of nitrogen functional groups attached to an aromatic ring is 3. The Morgan fingerprint density at radius 3 is 1.08 bits per heavy atom. The number of carbonyl (C=O) groups is 4. The highest BCUT2D eigenvalue weighted by Crippen LogP contribution is 2.46. The number of fused-ring (bicyclic) bond motifs is 3. The third-order valence-corrected chi connectivity index (χ3v) is 24.4. The highest BCUT2D eigenvalue weighted by Gasteiger charge is 2.56. The molecule has 0 saturated carbocycles. The third-order valence-electron chi connectivity index (χ3n) is 24.4. The van der Waals surface area contributed by atoms with Crippen LogP contribution in [-0.4, -0.2) is 278 Å². The number of aliphatic hydroxyl groups is 2. The second-order valence-corrected chi connectivity index (χ2v) is 32.8. The molecule has 0 bridgehead atoms. The lowest BCUT2D eigenvalue weighted by Crippen LogP contribution is -2.54. The summed E-state index contributed by atoms with van der Waals surface area (Å²) in [6, 6.07) is 5.46. The lowest BCUT2D eigenvalue weighted by molar-refractivity contribution is -0.172. The first kappa shape index (κ1) is 80.2. The number of aromatic nitrogens is 9. The minimum Gasteiger partial charge on any atom is -0.456 e. The number of nitrogens with zero attached hydrogens (tertiary/aromatic N) is 15. The summed E-state index contributed by atoms with van der Waals surface area (Å²) in [6.45, 7) is 25.5. The highest BCUT2D eigenvalue weighted by molar-refractivity contribution is 5.88. The van der Waals surface area contributed by atoms with E-state index < -0.39 is 73.6 Å². The molecule has 6 aromatic rings. The summed E-state index contributed by atoms with van der Waals surface area (Å²) in [5.41, 5.74) is 20.3. The van der Waals surface area contributed by atoms with E-state index in [0.717, 1.165) is 123 Å². The van der Waals surface area contributed by atoms with Crippen molar-refractivity contribution in [2.24, 2.45) is 23.7 Å². The first-order valence-corrected chi connectivity index (χ1v) is 38.8. The quantitative estimate of drug-likeness (QED) is 0.0513. The molecule has 8 N–H and O–H groups in total. The van der Waals surface area contributed by atoms with Crippen LogP contribution in [-0.2, 0) is 52.3 Å². The van der Waals surface area contributed by atoms with Crippen molar-refractivity contribution < 1.29 is 62.5 Å². The first-order valence-electron chi connectivity index (χ1n) is 38.8. The molecule has 9 aliphatic heterocycles. The van der Waals surface area contributed by atoms with Crippen LogP contribution in [0.3, 0.4) is 0 Å². The largest absolute Gasteiger partial charge is 0.456 e. The van der Waals surface area contributed by atoms with Gasteiger partial charge in [-0.05, 0) is 175 Å². The van der Waals surface area contributed by atoms with E-state index in [2.05, 4.69) is 80.4 Å². The van der Waals surface area contributed by atoms with Gasteiger partial charge in [0, 0.05) is 54.8 Å². The normalized spacial score (nSPS) is 28.9. The number of anilines is 3. The Hall–Kier alpha value is -7.30. The summed E-state index contributed by atoms with van der Waals surface area (Å²) < 4.78 is 48.8. The molecular formula is C77H118N18O13. The molecule has 108 heavy (non-hydrogen) atoms. The standard InChI is InChI=1S/C28H42N6O5.2C24H36N6O4.CH4/c1-17(2)26(35)38-21-20(15-33-11-6-8-28(33)9-13-32(5)14-10-28)37-25(22(21)39-27(36)18(3)4)34-12-7-19-23(29)30-16-31-24(19)34;1-15(2)23(32)34-19-17(13-29-9-4-6-24(29)7-11-28(3)12-8-24)33-22(18(19)31)30-10-5-16-20(25)26-14-27-21(16)30;1-15(2)23(32)34-19-18(31)17(13-29-9-4-6-24(29)7-11-28(3)12-8-24)33-22(19)30-10-5-16-20(25)26-14-27-21(16)30;/h7,12,16-18,20-22,25H,6,8-11,13-15H2,1-5H3,(H2,29,30,31);2*5,10,14-15,17-19,22,31H,4,6-9,11-13H2,1-3H3,(H2,25,26,27);1H4/t20-,21-,22-,25-;2*17-,18-,19-,22-;/m111./s1. The second kappa shape index (κ2) is 33.3. The van der Waals surface area contributed by atoms with E-state index in [1.807, 2.05) is 29.0 Å².